The van der Waals surface area contributed by atoms with Gasteiger partial charge in [-0.2, -0.15) is 0 Å². The Bertz CT molecular complexity index is 8.00. The van der Waals surface area contributed by atoms with Gasteiger partial charge >= 0.3 is 0 Å². The number of hydrogen-bond acceptors (Lipinski definition) is 1. The first-order valence-corrected chi connectivity index (χ1v) is 0. The first-order chi connectivity index (χ1) is 0. The Balaban J connectivity index is 0. The average Bonchev–Trinajstić information content (AvgIpc) is 0. The van der Waals surface area contributed by atoms with Crippen LogP contribution in [0.2, 0.25) is 0 Å². The fourth-order valence-corrected chi connectivity index (χ4v) is 0. The molecule has 35 valence electrons. The Morgan fingerprint density at radius 1 is 1.00 bits per heavy atom. The van der Waals surface area contributed by atoms with E-state index in [4.69, 9.17) is 0 Å². The Labute approximate surface area is 47.2 Å². The molecule has 0 aliphatic heterocycles. The van der Waals surface area contributed by atoms with E-state index < -0.39 is 0 Å². The topological polar surface area (TPSA) is 35.0 Å². The molecule has 0 aromatic heterocycles. The van der Waals surface area contributed by atoms with Gasteiger partial charge in [-0.25, -0.2) is 0 Å². The molecule has 0 fully saturated rings. The maximum atomic E-state index is 0. The molecule has 0 rings (SSSR count). The molecule has 3 heteroatoms. The van der Waals surface area contributed by atoms with Gasteiger partial charge in [0.15, 0.2) is 0 Å². The van der Waals surface area contributed by atoms with Gasteiger partial charge in [-0.15, -0.1) is 0 Å². The predicted octanol–water partition coefficient (Wildman–Crippen LogP) is 0.793. The minimum atomic E-state index is 0. The van der Waals surface area contributed by atoms with Crippen LogP contribution in [-0.4, -0.2) is 0 Å². The van der Waals surface area contributed by atoms with E-state index in [0.29, 0.717) is 0 Å². The van der Waals surface area contributed by atoms with Gasteiger partial charge in [0.1, 0.15) is 0 Å². The van der Waals surface area contributed by atoms with Gasteiger partial charge in [0.05, 0.1) is 0 Å². The molecule has 0 atom stereocenters. The van der Waals surface area contributed by atoms with Crippen molar-refractivity contribution in [2.75, 3.05) is 0 Å². The van der Waals surface area contributed by atoms with Gasteiger partial charge in [-0.1, -0.05) is 7.43 Å². The summed E-state index contributed by atoms with van der Waals surface area (Å²) in [5.74, 6) is 0. The molecule has 0 aliphatic rings. The Morgan fingerprint density at radius 2 is 1.00 bits per heavy atom. The fraction of sp³-hybridized carbons (Fsp3) is 1.00. The molecule has 0 heterocycles. The van der Waals surface area contributed by atoms with Gasteiger partial charge < -0.3 is 6.15 Å². The van der Waals surface area contributed by atoms with Gasteiger partial charge in [-0.3, -0.25) is 0 Å². The molecule has 1 radical (unpaired) electrons. The molecular formula is CH7CoNNi. The van der Waals surface area contributed by atoms with Crippen LogP contribution in [0.25, 0.3) is 0 Å². The summed E-state index contributed by atoms with van der Waals surface area (Å²) in [5, 5.41) is 0. The van der Waals surface area contributed by atoms with E-state index in [1.807, 2.05) is 0 Å². The van der Waals surface area contributed by atoms with Gasteiger partial charge in [0.25, 0.3) is 0 Å². The summed E-state index contributed by atoms with van der Waals surface area (Å²) in [6.45, 7) is 0. The Hall–Kier alpha value is 0.960. The zero-order valence-corrected chi connectivity index (χ0v) is 3.39. The molecule has 0 saturated heterocycles. The van der Waals surface area contributed by atoms with Gasteiger partial charge in [0, 0.05) is 33.3 Å². The normalized spacial score (nSPS) is 0. The summed E-state index contributed by atoms with van der Waals surface area (Å²) >= 11 is 0. The van der Waals surface area contributed by atoms with Crippen LogP contribution in [0.4, 0.5) is 0 Å². The van der Waals surface area contributed by atoms with Crippen molar-refractivity contribution in [1.82, 2.24) is 6.15 Å². The third kappa shape index (κ3) is 12.3. The van der Waals surface area contributed by atoms with Crippen molar-refractivity contribution >= 4 is 0 Å². The van der Waals surface area contributed by atoms with Crippen molar-refractivity contribution in [3.8, 4) is 0 Å². The van der Waals surface area contributed by atoms with Crippen LogP contribution in [0.3, 0.4) is 0 Å². The first kappa shape index (κ1) is 84.4. The Morgan fingerprint density at radius 3 is 1.00 bits per heavy atom. The van der Waals surface area contributed by atoms with Crippen molar-refractivity contribution < 1.29 is 33.3 Å². The summed E-state index contributed by atoms with van der Waals surface area (Å²) in [6.07, 6.45) is 0. The average molecular weight is 151 g/mol. The van der Waals surface area contributed by atoms with Gasteiger partial charge in [-0.05, 0) is 0 Å². The van der Waals surface area contributed by atoms with Crippen LogP contribution < -0.4 is 6.15 Å². The standard InChI is InChI=1S/CH4.Co.H3N.Ni/h1H4;;1H3;. The second-order valence-electron chi connectivity index (χ2n) is 0. The summed E-state index contributed by atoms with van der Waals surface area (Å²) < 4.78 is 0. The summed E-state index contributed by atoms with van der Waals surface area (Å²) in [6, 6.07) is 0. The molecule has 0 unspecified atom stereocenters. The van der Waals surface area contributed by atoms with E-state index in [2.05, 4.69) is 0 Å². The summed E-state index contributed by atoms with van der Waals surface area (Å²) in [7, 11) is 0. The zero-order valence-electron chi connectivity index (χ0n) is 1.36. The molecule has 4 heavy (non-hydrogen) atoms. The van der Waals surface area contributed by atoms with Crippen LogP contribution >= 0.6 is 0 Å². The largest absolute Gasteiger partial charge is 0.344 e. The Kier molecular flexibility index (Phi) is 794. The number of hydrogen-bond donors (Lipinski definition) is 1. The molecule has 0 bridgehead atoms. The van der Waals surface area contributed by atoms with Crippen LogP contribution in [-0.2, 0) is 33.3 Å². The van der Waals surface area contributed by atoms with E-state index in [-0.39, 0.29) is 46.8 Å². The second-order valence-corrected chi connectivity index (χ2v) is 0. The third-order valence-corrected chi connectivity index (χ3v) is 0. The molecular weight excluding hydrogens is 144 g/mol. The molecule has 0 aromatic rings. The molecule has 3 N–H and O–H groups in total. The maximum Gasteiger partial charge on any atom is 0 e. The monoisotopic (exact) mass is 150 g/mol. The van der Waals surface area contributed by atoms with Crippen molar-refractivity contribution in [1.29, 1.82) is 0 Å². The maximum absolute atomic E-state index is 0. The smallest absolute Gasteiger partial charge is 0 e. The van der Waals surface area contributed by atoms with Crippen LogP contribution in [0.1, 0.15) is 7.43 Å². The second kappa shape index (κ2) is 37.6. The van der Waals surface area contributed by atoms with Crippen LogP contribution in [0.15, 0.2) is 0 Å². The molecule has 0 saturated carbocycles. The van der Waals surface area contributed by atoms with E-state index in [1.54, 1.807) is 0 Å². The first-order valence-electron chi connectivity index (χ1n) is 0. The number of rotatable bonds is 0. The van der Waals surface area contributed by atoms with Crippen LogP contribution in [0.5, 0.6) is 0 Å². The van der Waals surface area contributed by atoms with Crippen molar-refractivity contribution in [3.63, 3.8) is 0 Å². The molecule has 0 aliphatic carbocycles. The third-order valence-electron chi connectivity index (χ3n) is 0. The van der Waals surface area contributed by atoms with Crippen molar-refractivity contribution in [3.05, 3.63) is 0 Å². The van der Waals surface area contributed by atoms with Gasteiger partial charge in [0.2, 0.25) is 0 Å². The summed E-state index contributed by atoms with van der Waals surface area (Å²) in [5.41, 5.74) is 0. The van der Waals surface area contributed by atoms with Crippen molar-refractivity contribution in [2.24, 2.45) is 0 Å². The van der Waals surface area contributed by atoms with E-state index >= 15 is 0 Å². The quantitative estimate of drug-likeness (QED) is 0.510. The predicted molar refractivity (Wildman–Crippen MR) is 11.8 cm³/mol. The SMILES string of the molecule is C.N.[Co].[Ni]. The molecule has 0 amide bonds. The molecule has 0 spiro atoms. The zero-order chi connectivity index (χ0) is 0. The minimum Gasteiger partial charge on any atom is -0.344 e. The minimum absolute atomic E-state index is 0. The van der Waals surface area contributed by atoms with Crippen molar-refractivity contribution in [2.45, 2.75) is 7.43 Å². The summed E-state index contributed by atoms with van der Waals surface area (Å²) in [4.78, 5) is 0. The molecule has 0 aromatic carbocycles. The molecule has 1 nitrogen and oxygen atoms in total. The van der Waals surface area contributed by atoms with Crippen LogP contribution in [0, 0.1) is 0 Å². The van der Waals surface area contributed by atoms with E-state index in [9.17, 15) is 0 Å². The fourth-order valence-electron chi connectivity index (χ4n) is 0. The van der Waals surface area contributed by atoms with E-state index in [0.717, 1.165) is 0 Å². The van der Waals surface area contributed by atoms with E-state index in [1.165, 1.54) is 0 Å².